The molecule has 0 aliphatic rings. The smallest absolute Gasteiger partial charge is 0.305 e. The van der Waals surface area contributed by atoms with E-state index >= 15 is 0 Å². The minimum atomic E-state index is -2.51. The number of alkyl halides is 2. The number of carboxylic acids is 1. The Bertz CT molecular complexity index is 454. The number of rotatable bonds is 6. The van der Waals surface area contributed by atoms with Gasteiger partial charge in [0, 0.05) is 10.6 Å². The molecule has 8 heteroatoms. The Labute approximate surface area is 112 Å². The van der Waals surface area contributed by atoms with Crippen molar-refractivity contribution in [2.45, 2.75) is 23.1 Å². The number of halogens is 2. The van der Waals surface area contributed by atoms with Crippen molar-refractivity contribution in [1.82, 2.24) is 0 Å². The molecule has 104 valence electrons. The van der Waals surface area contributed by atoms with Gasteiger partial charge in [-0.25, -0.2) is 0 Å². The van der Waals surface area contributed by atoms with Crippen LogP contribution in [0.3, 0.4) is 0 Å². The number of carboxylic acid groups (broad SMARTS) is 1. The molecule has 1 aromatic carbocycles. The van der Waals surface area contributed by atoms with Crippen LogP contribution < -0.4 is 11.1 Å². The maximum atomic E-state index is 12.1. The molecule has 0 radical (unpaired) electrons. The van der Waals surface area contributed by atoms with Crippen LogP contribution in [0.1, 0.15) is 6.42 Å². The maximum absolute atomic E-state index is 12.1. The first kappa shape index (κ1) is 15.4. The van der Waals surface area contributed by atoms with Gasteiger partial charge in [-0.2, -0.15) is 8.78 Å². The third kappa shape index (κ3) is 5.66. The lowest BCUT2D eigenvalue weighted by atomic mass is 10.2. The van der Waals surface area contributed by atoms with Gasteiger partial charge >= 0.3 is 5.97 Å². The van der Waals surface area contributed by atoms with E-state index in [0.29, 0.717) is 22.3 Å². The lowest BCUT2D eigenvalue weighted by Gasteiger charge is -2.10. The van der Waals surface area contributed by atoms with Gasteiger partial charge in [-0.05, 0) is 24.3 Å². The van der Waals surface area contributed by atoms with Crippen LogP contribution in [0.2, 0.25) is 0 Å². The molecular formula is C11H12F2N2O3S. The van der Waals surface area contributed by atoms with Crippen LogP contribution in [0.4, 0.5) is 14.5 Å². The van der Waals surface area contributed by atoms with Gasteiger partial charge in [0.1, 0.15) is 0 Å². The average Bonchev–Trinajstić information content (AvgIpc) is 2.30. The first-order valence-corrected chi connectivity index (χ1v) is 6.09. The van der Waals surface area contributed by atoms with E-state index in [2.05, 4.69) is 5.32 Å². The zero-order valence-corrected chi connectivity index (χ0v) is 10.5. The van der Waals surface area contributed by atoms with Gasteiger partial charge in [0.2, 0.25) is 5.91 Å². The molecule has 5 nitrogen and oxygen atoms in total. The Morgan fingerprint density at radius 2 is 1.89 bits per heavy atom. The van der Waals surface area contributed by atoms with E-state index in [9.17, 15) is 18.4 Å². The number of carbonyl (C=O) groups excluding carboxylic acids is 1. The fraction of sp³-hybridized carbons (Fsp3) is 0.273. The van der Waals surface area contributed by atoms with Crippen molar-refractivity contribution >= 4 is 29.3 Å². The molecule has 1 unspecified atom stereocenters. The number of carbonyl (C=O) groups is 2. The van der Waals surface area contributed by atoms with Crippen molar-refractivity contribution in [3.05, 3.63) is 24.3 Å². The van der Waals surface area contributed by atoms with E-state index in [4.69, 9.17) is 10.8 Å². The Hall–Kier alpha value is -1.67. The molecule has 0 saturated heterocycles. The third-order valence-electron chi connectivity index (χ3n) is 2.08. The highest BCUT2D eigenvalue weighted by Gasteiger charge is 2.17. The number of hydrogen-bond acceptors (Lipinski definition) is 4. The Kier molecular flexibility index (Phi) is 5.71. The first-order chi connectivity index (χ1) is 8.88. The highest BCUT2D eigenvalue weighted by atomic mass is 32.2. The molecule has 0 aliphatic carbocycles. The predicted octanol–water partition coefficient (Wildman–Crippen LogP) is 1.74. The van der Waals surface area contributed by atoms with E-state index in [1.807, 2.05) is 0 Å². The highest BCUT2D eigenvalue weighted by molar-refractivity contribution is 7.99. The van der Waals surface area contributed by atoms with Crippen LogP contribution in [0.15, 0.2) is 29.2 Å². The SMILES string of the molecule is NC(CC(=O)O)C(=O)Nc1ccc(SC(F)F)cc1. The third-order valence-corrected chi connectivity index (χ3v) is 2.80. The fourth-order valence-corrected chi connectivity index (χ4v) is 1.73. The molecule has 0 heterocycles. The molecule has 4 N–H and O–H groups in total. The summed E-state index contributed by atoms with van der Waals surface area (Å²) in [6.07, 6.45) is -0.481. The normalized spacial score (nSPS) is 12.2. The quantitative estimate of drug-likeness (QED) is 0.694. The number of anilines is 1. The maximum Gasteiger partial charge on any atom is 0.305 e. The Morgan fingerprint density at radius 3 is 2.37 bits per heavy atom. The number of thioether (sulfide) groups is 1. The van der Waals surface area contributed by atoms with Gasteiger partial charge in [-0.15, -0.1) is 0 Å². The summed E-state index contributed by atoms with van der Waals surface area (Å²) in [5, 5.41) is 10.9. The minimum Gasteiger partial charge on any atom is -0.481 e. The number of benzene rings is 1. The van der Waals surface area contributed by atoms with Crippen molar-refractivity contribution < 1.29 is 23.5 Å². The average molecular weight is 290 g/mol. The fourth-order valence-electron chi connectivity index (χ4n) is 1.24. The van der Waals surface area contributed by atoms with Gasteiger partial charge in [0.15, 0.2) is 0 Å². The molecule has 0 aliphatic heterocycles. The molecule has 0 saturated carbocycles. The second-order valence-electron chi connectivity index (χ2n) is 3.60. The summed E-state index contributed by atoms with van der Waals surface area (Å²) in [7, 11) is 0. The van der Waals surface area contributed by atoms with Gasteiger partial charge in [0.05, 0.1) is 12.5 Å². The molecule has 1 aromatic rings. The van der Waals surface area contributed by atoms with Crippen molar-refractivity contribution in [2.75, 3.05) is 5.32 Å². The molecule has 1 amide bonds. The van der Waals surface area contributed by atoms with Crippen molar-refractivity contribution in [3.63, 3.8) is 0 Å². The van der Waals surface area contributed by atoms with Crippen LogP contribution in [0.25, 0.3) is 0 Å². The minimum absolute atomic E-state index is 0.364. The highest BCUT2D eigenvalue weighted by Crippen LogP contribution is 2.26. The van der Waals surface area contributed by atoms with Crippen LogP contribution in [-0.2, 0) is 9.59 Å². The van der Waals surface area contributed by atoms with E-state index in [1.165, 1.54) is 24.3 Å². The number of aliphatic carboxylic acids is 1. The molecule has 0 spiro atoms. The standard InChI is InChI=1S/C11H12F2N2O3S/c12-11(13)19-7-3-1-6(2-4-7)15-10(18)8(14)5-9(16)17/h1-4,8,11H,5,14H2,(H,15,18)(H,16,17). The first-order valence-electron chi connectivity index (χ1n) is 5.21. The topological polar surface area (TPSA) is 92.4 Å². The monoisotopic (exact) mass is 290 g/mol. The summed E-state index contributed by atoms with van der Waals surface area (Å²) >= 11 is 0.392. The van der Waals surface area contributed by atoms with Crippen molar-refractivity contribution in [3.8, 4) is 0 Å². The molecule has 0 fully saturated rings. The van der Waals surface area contributed by atoms with E-state index in [-0.39, 0.29) is 0 Å². The Balaban J connectivity index is 2.57. The van der Waals surface area contributed by atoms with Crippen LogP contribution >= 0.6 is 11.8 Å². The van der Waals surface area contributed by atoms with E-state index < -0.39 is 30.1 Å². The van der Waals surface area contributed by atoms with Crippen LogP contribution in [0.5, 0.6) is 0 Å². The van der Waals surface area contributed by atoms with E-state index in [0.717, 1.165) is 0 Å². The molecule has 19 heavy (non-hydrogen) atoms. The molecule has 0 aromatic heterocycles. The largest absolute Gasteiger partial charge is 0.481 e. The van der Waals surface area contributed by atoms with Crippen LogP contribution in [0, 0.1) is 0 Å². The second-order valence-corrected chi connectivity index (χ2v) is 4.66. The molecule has 1 rings (SSSR count). The van der Waals surface area contributed by atoms with Crippen molar-refractivity contribution in [1.29, 1.82) is 0 Å². The zero-order valence-electron chi connectivity index (χ0n) is 9.68. The van der Waals surface area contributed by atoms with Gasteiger partial charge < -0.3 is 16.2 Å². The molecule has 1 atom stereocenters. The summed E-state index contributed by atoms with van der Waals surface area (Å²) in [6.45, 7) is 0. The summed E-state index contributed by atoms with van der Waals surface area (Å²) in [4.78, 5) is 22.2. The second kappa shape index (κ2) is 7.05. The zero-order chi connectivity index (χ0) is 14.4. The molecular weight excluding hydrogens is 278 g/mol. The lowest BCUT2D eigenvalue weighted by molar-refractivity contribution is -0.138. The number of amides is 1. The molecule has 0 bridgehead atoms. The van der Waals surface area contributed by atoms with Crippen LogP contribution in [-0.4, -0.2) is 28.8 Å². The predicted molar refractivity (Wildman–Crippen MR) is 67.2 cm³/mol. The number of nitrogens with two attached hydrogens (primary N) is 1. The summed E-state index contributed by atoms with van der Waals surface area (Å²) in [6, 6.07) is 4.57. The lowest BCUT2D eigenvalue weighted by Crippen LogP contribution is -2.37. The van der Waals surface area contributed by atoms with E-state index in [1.54, 1.807) is 0 Å². The van der Waals surface area contributed by atoms with Gasteiger partial charge in [-0.1, -0.05) is 11.8 Å². The Morgan fingerprint density at radius 1 is 1.32 bits per heavy atom. The number of nitrogens with one attached hydrogen (secondary N) is 1. The summed E-state index contributed by atoms with van der Waals surface area (Å²) in [5.74, 6) is -4.33. The number of hydrogen-bond donors (Lipinski definition) is 3. The summed E-state index contributed by atoms with van der Waals surface area (Å²) in [5.41, 5.74) is 5.73. The van der Waals surface area contributed by atoms with Crippen molar-refractivity contribution in [2.24, 2.45) is 5.73 Å². The summed E-state index contributed by atoms with van der Waals surface area (Å²) < 4.78 is 24.2. The van der Waals surface area contributed by atoms with Gasteiger partial charge in [-0.3, -0.25) is 9.59 Å². The van der Waals surface area contributed by atoms with Gasteiger partial charge in [0.25, 0.3) is 5.76 Å².